The summed E-state index contributed by atoms with van der Waals surface area (Å²) in [5.41, 5.74) is -0.472. The zero-order valence-electron chi connectivity index (χ0n) is 11.7. The Kier molecular flexibility index (Phi) is 4.43. The summed E-state index contributed by atoms with van der Waals surface area (Å²) in [5.74, 6) is -0.759. The average molecular weight is 290 g/mol. The summed E-state index contributed by atoms with van der Waals surface area (Å²) in [6, 6.07) is 3.21. The largest absolute Gasteiger partial charge is 0.416 e. The van der Waals surface area contributed by atoms with Crippen LogP contribution in [0.15, 0.2) is 12.1 Å². The Labute approximate surface area is 115 Å². The first-order chi connectivity index (χ1) is 8.93. The highest BCUT2D eigenvalue weighted by atomic mass is 19.4. The second kappa shape index (κ2) is 5.40. The number of amides is 1. The predicted molar refractivity (Wildman–Crippen MR) is 67.3 cm³/mol. The third-order valence-corrected chi connectivity index (χ3v) is 2.76. The average Bonchev–Trinajstić information content (AvgIpc) is 2.24. The van der Waals surface area contributed by atoms with E-state index in [9.17, 15) is 23.1 Å². The van der Waals surface area contributed by atoms with Crippen molar-refractivity contribution >= 4 is 5.91 Å². The fraction of sp³-hybridized carbons (Fsp3) is 0.538. The van der Waals surface area contributed by atoms with Crippen molar-refractivity contribution in [1.29, 1.82) is 0 Å². The Bertz CT molecular complexity index is 493. The molecule has 0 saturated heterocycles. The minimum Gasteiger partial charge on any atom is -0.382 e. The molecular weight excluding hydrogens is 273 g/mol. The van der Waals surface area contributed by atoms with Crippen LogP contribution < -0.4 is 5.32 Å². The number of rotatable bonds is 3. The summed E-state index contributed by atoms with van der Waals surface area (Å²) >= 11 is 0. The van der Waals surface area contributed by atoms with Crippen molar-refractivity contribution in [2.24, 2.45) is 0 Å². The molecule has 1 rings (SSSR count). The lowest BCUT2D eigenvalue weighted by atomic mass is 9.96. The number of hydrogen-bond donors (Lipinski definition) is 2. The van der Waals surface area contributed by atoms with Gasteiger partial charge < -0.3 is 10.4 Å². The molecule has 1 unspecified atom stereocenters. The SMILES string of the molecule is Cc1cc(C)nc(C(=O)NC(C)(C)C(O)C(F)(F)F)c1. The molecule has 0 radical (unpaired) electrons. The maximum Gasteiger partial charge on any atom is 0.416 e. The van der Waals surface area contributed by atoms with Crippen LogP contribution >= 0.6 is 0 Å². The van der Waals surface area contributed by atoms with Crippen LogP contribution in [0.2, 0.25) is 0 Å². The fourth-order valence-corrected chi connectivity index (χ4v) is 1.79. The standard InChI is InChI=1S/C13H17F3N2O2/c1-7-5-8(2)17-9(6-7)10(19)18-12(3,4)11(20)13(14,15)16/h5-6,11,20H,1-4H3,(H,18,19). The van der Waals surface area contributed by atoms with Gasteiger partial charge in [0.25, 0.3) is 5.91 Å². The number of hydrogen-bond acceptors (Lipinski definition) is 3. The summed E-state index contributed by atoms with van der Waals surface area (Å²) in [7, 11) is 0. The minimum atomic E-state index is -4.81. The van der Waals surface area contributed by atoms with Crippen LogP contribution in [0, 0.1) is 13.8 Å². The smallest absolute Gasteiger partial charge is 0.382 e. The van der Waals surface area contributed by atoms with E-state index in [0.717, 1.165) is 19.4 Å². The van der Waals surface area contributed by atoms with Crippen molar-refractivity contribution in [2.75, 3.05) is 0 Å². The first kappa shape index (κ1) is 16.4. The van der Waals surface area contributed by atoms with E-state index in [1.165, 1.54) is 6.07 Å². The van der Waals surface area contributed by atoms with Crippen LogP contribution in [-0.4, -0.2) is 33.8 Å². The van der Waals surface area contributed by atoms with Gasteiger partial charge in [-0.1, -0.05) is 0 Å². The predicted octanol–water partition coefficient (Wildman–Crippen LogP) is 2.13. The van der Waals surface area contributed by atoms with Gasteiger partial charge in [-0.3, -0.25) is 4.79 Å². The maximum atomic E-state index is 12.5. The molecule has 1 aromatic rings. The second-order valence-electron chi connectivity index (χ2n) is 5.29. The lowest BCUT2D eigenvalue weighted by molar-refractivity contribution is -0.222. The van der Waals surface area contributed by atoms with E-state index in [1.54, 1.807) is 19.9 Å². The van der Waals surface area contributed by atoms with Gasteiger partial charge in [0.05, 0.1) is 5.54 Å². The Morgan fingerprint density at radius 2 is 1.85 bits per heavy atom. The normalized spacial score (nSPS) is 14.0. The quantitative estimate of drug-likeness (QED) is 0.896. The van der Waals surface area contributed by atoms with Gasteiger partial charge in [-0.05, 0) is 45.4 Å². The van der Waals surface area contributed by atoms with Gasteiger partial charge in [0, 0.05) is 5.69 Å². The van der Waals surface area contributed by atoms with E-state index in [1.807, 2.05) is 0 Å². The summed E-state index contributed by atoms with van der Waals surface area (Å²) in [4.78, 5) is 15.9. The number of alkyl halides is 3. The van der Waals surface area contributed by atoms with Gasteiger partial charge in [0.15, 0.2) is 6.10 Å². The molecule has 1 amide bonds. The summed E-state index contributed by atoms with van der Waals surface area (Å²) in [6.45, 7) is 5.64. The highest BCUT2D eigenvalue weighted by molar-refractivity contribution is 5.93. The molecule has 0 saturated carbocycles. The number of aromatic nitrogens is 1. The molecule has 1 heterocycles. The first-order valence-corrected chi connectivity index (χ1v) is 5.96. The molecule has 112 valence electrons. The number of carbonyl (C=O) groups is 1. The van der Waals surface area contributed by atoms with E-state index < -0.39 is 23.7 Å². The van der Waals surface area contributed by atoms with Gasteiger partial charge in [0.1, 0.15) is 5.69 Å². The van der Waals surface area contributed by atoms with Gasteiger partial charge in [-0.2, -0.15) is 13.2 Å². The van der Waals surface area contributed by atoms with Crippen LogP contribution in [-0.2, 0) is 0 Å². The van der Waals surface area contributed by atoms with Gasteiger partial charge in [-0.25, -0.2) is 4.98 Å². The lowest BCUT2D eigenvalue weighted by Crippen LogP contribution is -2.57. The van der Waals surface area contributed by atoms with Crippen LogP contribution in [0.1, 0.15) is 35.6 Å². The number of nitrogens with zero attached hydrogens (tertiary/aromatic N) is 1. The van der Waals surface area contributed by atoms with Crippen molar-refractivity contribution in [3.8, 4) is 0 Å². The lowest BCUT2D eigenvalue weighted by Gasteiger charge is -2.32. The summed E-state index contributed by atoms with van der Waals surface area (Å²) in [5, 5.41) is 11.4. The van der Waals surface area contributed by atoms with Crippen molar-refractivity contribution in [3.05, 3.63) is 29.1 Å². The number of pyridine rings is 1. The van der Waals surface area contributed by atoms with Gasteiger partial charge in [0.2, 0.25) is 0 Å². The van der Waals surface area contributed by atoms with E-state index in [2.05, 4.69) is 10.3 Å². The van der Waals surface area contributed by atoms with Crippen molar-refractivity contribution < 1.29 is 23.1 Å². The summed E-state index contributed by atoms with van der Waals surface area (Å²) in [6.07, 6.45) is -7.47. The van der Waals surface area contributed by atoms with Gasteiger partial charge >= 0.3 is 6.18 Å². The van der Waals surface area contributed by atoms with E-state index in [-0.39, 0.29) is 5.69 Å². The molecule has 20 heavy (non-hydrogen) atoms. The molecule has 0 aliphatic rings. The molecule has 0 bridgehead atoms. The molecule has 1 aromatic heterocycles. The van der Waals surface area contributed by atoms with Crippen LogP contribution in [0.25, 0.3) is 0 Å². The Balaban J connectivity index is 2.94. The number of nitrogens with one attached hydrogen (secondary N) is 1. The Morgan fingerprint density at radius 3 is 2.30 bits per heavy atom. The second-order valence-corrected chi connectivity index (χ2v) is 5.29. The highest BCUT2D eigenvalue weighted by Gasteiger charge is 2.48. The van der Waals surface area contributed by atoms with Crippen LogP contribution in [0.3, 0.4) is 0 Å². The highest BCUT2D eigenvalue weighted by Crippen LogP contribution is 2.28. The molecule has 0 spiro atoms. The fourth-order valence-electron chi connectivity index (χ4n) is 1.79. The molecule has 4 nitrogen and oxygen atoms in total. The first-order valence-electron chi connectivity index (χ1n) is 5.96. The molecule has 7 heteroatoms. The third-order valence-electron chi connectivity index (χ3n) is 2.76. The van der Waals surface area contributed by atoms with Gasteiger partial charge in [-0.15, -0.1) is 0 Å². The van der Waals surface area contributed by atoms with Crippen molar-refractivity contribution in [3.63, 3.8) is 0 Å². The van der Waals surface area contributed by atoms with E-state index in [0.29, 0.717) is 5.69 Å². The van der Waals surface area contributed by atoms with E-state index in [4.69, 9.17) is 0 Å². The Hall–Kier alpha value is -1.63. The minimum absolute atomic E-state index is 0.0185. The van der Waals surface area contributed by atoms with Crippen molar-refractivity contribution in [1.82, 2.24) is 10.3 Å². The monoisotopic (exact) mass is 290 g/mol. The number of carbonyl (C=O) groups excluding carboxylic acids is 1. The molecular formula is C13H17F3N2O2. The third kappa shape index (κ3) is 3.93. The van der Waals surface area contributed by atoms with Crippen LogP contribution in [0.4, 0.5) is 13.2 Å². The topological polar surface area (TPSA) is 62.2 Å². The molecule has 2 N–H and O–H groups in total. The molecule has 0 aromatic carbocycles. The summed E-state index contributed by atoms with van der Waals surface area (Å²) < 4.78 is 37.5. The molecule has 0 fully saturated rings. The zero-order chi connectivity index (χ0) is 15.7. The van der Waals surface area contributed by atoms with Crippen LogP contribution in [0.5, 0.6) is 0 Å². The number of aryl methyl sites for hydroxylation is 2. The Morgan fingerprint density at radius 1 is 1.30 bits per heavy atom. The number of aliphatic hydroxyl groups is 1. The maximum absolute atomic E-state index is 12.5. The van der Waals surface area contributed by atoms with E-state index >= 15 is 0 Å². The number of aliphatic hydroxyl groups excluding tert-OH is 1. The molecule has 0 aliphatic carbocycles. The zero-order valence-corrected chi connectivity index (χ0v) is 11.7. The molecule has 0 aliphatic heterocycles. The number of halogens is 3. The van der Waals surface area contributed by atoms with Crippen molar-refractivity contribution in [2.45, 2.75) is 45.5 Å². The molecule has 1 atom stereocenters.